The van der Waals surface area contributed by atoms with Crippen LogP contribution in [0.4, 0.5) is 16.2 Å². The van der Waals surface area contributed by atoms with E-state index in [0.717, 1.165) is 42.4 Å². The van der Waals surface area contributed by atoms with Crippen LogP contribution in [0.25, 0.3) is 0 Å². The molecule has 38 heavy (non-hydrogen) atoms. The highest BCUT2D eigenvalue weighted by Gasteiger charge is 2.25. The van der Waals surface area contributed by atoms with E-state index in [1.54, 1.807) is 4.90 Å². The fraction of sp³-hybridized carbons (Fsp3) is 0.407. The van der Waals surface area contributed by atoms with Crippen LogP contribution in [-0.4, -0.2) is 79.2 Å². The van der Waals surface area contributed by atoms with Gasteiger partial charge < -0.3 is 36.2 Å². The average Bonchev–Trinajstić information content (AvgIpc) is 2.95. The first-order valence-electron chi connectivity index (χ1n) is 13.0. The van der Waals surface area contributed by atoms with Crippen LogP contribution in [0.2, 0.25) is 0 Å². The number of hydrogen-bond donors (Lipinski definition) is 5. The Bertz CT molecular complexity index is 1130. The molecule has 3 amide bonds. The average molecular weight is 522 g/mol. The predicted octanol–water partition coefficient (Wildman–Crippen LogP) is 1.83. The highest BCUT2D eigenvalue weighted by molar-refractivity contribution is 5.94. The largest absolute Gasteiger partial charge is 0.480 e. The molecule has 0 spiro atoms. The third-order valence-electron chi connectivity index (χ3n) is 6.55. The van der Waals surface area contributed by atoms with E-state index in [9.17, 15) is 19.5 Å². The molecule has 1 saturated heterocycles. The van der Waals surface area contributed by atoms with Crippen LogP contribution in [-0.2, 0) is 16.1 Å². The van der Waals surface area contributed by atoms with Crippen molar-refractivity contribution < 1.29 is 19.5 Å². The maximum absolute atomic E-state index is 12.8. The number of carboxylic acids is 1. The van der Waals surface area contributed by atoms with Crippen molar-refractivity contribution in [3.05, 3.63) is 60.2 Å². The molecule has 0 bridgehead atoms. The van der Waals surface area contributed by atoms with Crippen molar-refractivity contribution in [1.82, 2.24) is 20.9 Å². The number of hydrogen-bond acceptors (Lipinski definition) is 7. The molecule has 0 aromatic heterocycles. The molecule has 11 nitrogen and oxygen atoms in total. The van der Waals surface area contributed by atoms with Crippen molar-refractivity contribution in [1.29, 1.82) is 0 Å². The van der Waals surface area contributed by atoms with E-state index in [-0.39, 0.29) is 25.3 Å². The number of carbonyl (C=O) groups is 3. The highest BCUT2D eigenvalue weighted by Crippen LogP contribution is 2.21. The van der Waals surface area contributed by atoms with Crippen molar-refractivity contribution in [2.24, 2.45) is 4.99 Å². The van der Waals surface area contributed by atoms with Crippen LogP contribution >= 0.6 is 0 Å². The van der Waals surface area contributed by atoms with Gasteiger partial charge in [0.25, 0.3) is 0 Å². The van der Waals surface area contributed by atoms with Gasteiger partial charge in [-0.2, -0.15) is 0 Å². The van der Waals surface area contributed by atoms with E-state index in [1.165, 1.54) is 0 Å². The minimum atomic E-state index is -1.17. The Kier molecular flexibility index (Phi) is 9.38. The van der Waals surface area contributed by atoms with Crippen molar-refractivity contribution >= 4 is 35.2 Å². The molecule has 2 heterocycles. The van der Waals surface area contributed by atoms with Gasteiger partial charge in [-0.1, -0.05) is 36.4 Å². The first kappa shape index (κ1) is 26.8. The fourth-order valence-corrected chi connectivity index (χ4v) is 4.42. The Balaban J connectivity index is 1.21. The standard InChI is InChI=1S/C27H35N7O4/c35-24(11-10-23(25(36)37)32-27(38)30-19-20-6-2-1-3-7-20)34-16-14-33(15-17-34)22-9-4-8-21(18-22)31-26-28-12-5-13-29-26/h1-4,6-9,18,23H,5,10-17,19H2,(H,36,37)(H2,28,29,31)(H2,30,32,38)/t23-/m0/s1. The molecule has 202 valence electrons. The number of aliphatic carboxylic acids is 1. The zero-order chi connectivity index (χ0) is 26.7. The Morgan fingerprint density at radius 3 is 2.53 bits per heavy atom. The number of carboxylic acid groups (broad SMARTS) is 1. The third-order valence-corrected chi connectivity index (χ3v) is 6.55. The number of guanidine groups is 1. The van der Waals surface area contributed by atoms with E-state index < -0.39 is 18.0 Å². The molecule has 2 aromatic rings. The van der Waals surface area contributed by atoms with Crippen molar-refractivity contribution in [3.63, 3.8) is 0 Å². The molecule has 2 aromatic carbocycles. The molecule has 11 heteroatoms. The second-order valence-corrected chi connectivity index (χ2v) is 9.30. The third kappa shape index (κ3) is 7.86. The van der Waals surface area contributed by atoms with Crippen LogP contribution in [0.1, 0.15) is 24.8 Å². The van der Waals surface area contributed by atoms with E-state index in [0.29, 0.717) is 26.2 Å². The summed E-state index contributed by atoms with van der Waals surface area (Å²) in [5.74, 6) is -0.494. The zero-order valence-electron chi connectivity index (χ0n) is 21.4. The van der Waals surface area contributed by atoms with Crippen molar-refractivity contribution in [2.75, 3.05) is 49.5 Å². The number of piperazine rings is 1. The molecule has 0 unspecified atom stereocenters. The van der Waals surface area contributed by atoms with Crippen molar-refractivity contribution in [2.45, 2.75) is 31.8 Å². The summed E-state index contributed by atoms with van der Waals surface area (Å²) in [6.45, 7) is 4.46. The lowest BCUT2D eigenvalue weighted by Crippen LogP contribution is -2.50. The molecule has 0 aliphatic carbocycles. The lowest BCUT2D eigenvalue weighted by Gasteiger charge is -2.36. The van der Waals surface area contributed by atoms with Gasteiger partial charge in [0.2, 0.25) is 5.91 Å². The van der Waals surface area contributed by atoms with Gasteiger partial charge in [-0.3, -0.25) is 9.79 Å². The molecule has 0 saturated carbocycles. The van der Waals surface area contributed by atoms with Gasteiger partial charge in [0.1, 0.15) is 6.04 Å². The second kappa shape index (κ2) is 13.3. The van der Waals surface area contributed by atoms with Crippen molar-refractivity contribution in [3.8, 4) is 0 Å². The maximum Gasteiger partial charge on any atom is 0.326 e. The molecule has 0 radical (unpaired) electrons. The topological polar surface area (TPSA) is 138 Å². The van der Waals surface area contributed by atoms with Gasteiger partial charge in [-0.25, -0.2) is 9.59 Å². The van der Waals surface area contributed by atoms with Crippen LogP contribution in [0.5, 0.6) is 0 Å². The second-order valence-electron chi connectivity index (χ2n) is 9.30. The quantitative estimate of drug-likeness (QED) is 0.339. The normalized spacial score (nSPS) is 16.1. The minimum Gasteiger partial charge on any atom is -0.480 e. The van der Waals surface area contributed by atoms with E-state index in [2.05, 4.69) is 37.2 Å². The SMILES string of the molecule is O=C(NCc1ccccc1)N[C@@H](CCC(=O)N1CCN(c2cccc(NC3=NCCCN3)c2)CC1)C(=O)O. The predicted molar refractivity (Wildman–Crippen MR) is 146 cm³/mol. The Labute approximate surface area is 222 Å². The van der Waals surface area contributed by atoms with E-state index in [1.807, 2.05) is 48.5 Å². The Hall–Kier alpha value is -4.28. The lowest BCUT2D eigenvalue weighted by atomic mass is 10.1. The molecule has 2 aliphatic heterocycles. The van der Waals surface area contributed by atoms with Crippen LogP contribution in [0.15, 0.2) is 59.6 Å². The van der Waals surface area contributed by atoms with Gasteiger partial charge >= 0.3 is 12.0 Å². The number of nitrogens with zero attached hydrogens (tertiary/aromatic N) is 3. The number of amides is 3. The van der Waals surface area contributed by atoms with E-state index in [4.69, 9.17) is 0 Å². The van der Waals surface area contributed by atoms with E-state index >= 15 is 0 Å². The number of nitrogens with one attached hydrogen (secondary N) is 4. The molecule has 2 aliphatic rings. The maximum atomic E-state index is 12.8. The number of carbonyl (C=O) groups excluding carboxylic acids is 2. The first-order valence-corrected chi connectivity index (χ1v) is 13.0. The summed E-state index contributed by atoms with van der Waals surface area (Å²) in [4.78, 5) is 45.1. The molecule has 5 N–H and O–H groups in total. The minimum absolute atomic E-state index is 0.0266. The number of anilines is 2. The summed E-state index contributed by atoms with van der Waals surface area (Å²) in [7, 11) is 0. The van der Waals surface area contributed by atoms with Gasteiger partial charge in [0.05, 0.1) is 0 Å². The number of rotatable bonds is 9. The molecular formula is C27H35N7O4. The summed E-state index contributed by atoms with van der Waals surface area (Å²) in [5, 5.41) is 21.2. The van der Waals surface area contributed by atoms with Crippen LogP contribution < -0.4 is 26.2 Å². The van der Waals surface area contributed by atoms with Crippen LogP contribution in [0.3, 0.4) is 0 Å². The first-order chi connectivity index (χ1) is 18.5. The number of aliphatic imine (C=N–C) groups is 1. The summed E-state index contributed by atoms with van der Waals surface area (Å²) in [5.41, 5.74) is 2.92. The zero-order valence-corrected chi connectivity index (χ0v) is 21.4. The van der Waals surface area contributed by atoms with Gasteiger partial charge in [-0.15, -0.1) is 0 Å². The molecule has 1 atom stereocenters. The molecular weight excluding hydrogens is 486 g/mol. The summed E-state index contributed by atoms with van der Waals surface area (Å²) < 4.78 is 0. The van der Waals surface area contributed by atoms with Crippen LogP contribution in [0, 0.1) is 0 Å². The fourth-order valence-electron chi connectivity index (χ4n) is 4.42. The molecule has 1 fully saturated rings. The van der Waals surface area contributed by atoms with Gasteiger partial charge in [0.15, 0.2) is 5.96 Å². The Morgan fingerprint density at radius 1 is 1.03 bits per heavy atom. The highest BCUT2D eigenvalue weighted by atomic mass is 16.4. The smallest absolute Gasteiger partial charge is 0.326 e. The Morgan fingerprint density at radius 2 is 1.82 bits per heavy atom. The number of urea groups is 1. The van der Waals surface area contributed by atoms with Gasteiger partial charge in [-0.05, 0) is 36.6 Å². The molecule has 4 rings (SSSR count). The summed E-state index contributed by atoms with van der Waals surface area (Å²) in [6.07, 6.45) is 1.11. The number of benzene rings is 2. The summed E-state index contributed by atoms with van der Waals surface area (Å²) >= 11 is 0. The lowest BCUT2D eigenvalue weighted by molar-refractivity contribution is -0.139. The monoisotopic (exact) mass is 521 g/mol. The summed E-state index contributed by atoms with van der Waals surface area (Å²) in [6, 6.07) is 15.7. The van der Waals surface area contributed by atoms with Gasteiger partial charge in [0, 0.05) is 63.6 Å².